The largest absolute Gasteiger partial charge is 0.394 e. The van der Waals surface area contributed by atoms with Crippen molar-refractivity contribution < 1.29 is 9.84 Å². The second-order valence-corrected chi connectivity index (χ2v) is 2.28. The molecule has 1 N–H and O–H groups in total. The van der Waals surface area contributed by atoms with Gasteiger partial charge in [0.15, 0.2) is 0 Å². The maximum absolute atomic E-state index is 8.49. The molecule has 5 heteroatoms. The first-order valence-corrected chi connectivity index (χ1v) is 3.71. The van der Waals surface area contributed by atoms with Crippen molar-refractivity contribution in [3.8, 4) is 0 Å². The number of hydrogen-bond acceptors (Lipinski definition) is 5. The molecule has 1 aromatic heterocycles. The lowest BCUT2D eigenvalue weighted by Crippen LogP contribution is -2.07. The molecule has 0 saturated heterocycles. The van der Waals surface area contributed by atoms with Gasteiger partial charge in [-0.15, -0.1) is 10.2 Å². The van der Waals surface area contributed by atoms with Crippen molar-refractivity contribution in [2.75, 3.05) is 13.2 Å². The maximum atomic E-state index is 8.49. The number of hydrogen-bond donors (Lipinski definition) is 1. The first-order valence-electron chi connectivity index (χ1n) is 3.71. The monoisotopic (exact) mass is 169 g/mol. The van der Waals surface area contributed by atoms with E-state index in [2.05, 4.69) is 15.4 Å². The molecule has 0 bridgehead atoms. The SMILES string of the molecule is CC(OCCO)c1ccnnn1. The molecule has 0 spiro atoms. The molecule has 0 aliphatic carbocycles. The standard InChI is InChI=1S/C7H11N3O2/c1-6(12-5-4-11)7-2-3-8-10-9-7/h2-3,6,11H,4-5H2,1H3. The molecule has 66 valence electrons. The van der Waals surface area contributed by atoms with Crippen molar-refractivity contribution in [3.63, 3.8) is 0 Å². The van der Waals surface area contributed by atoms with Gasteiger partial charge < -0.3 is 9.84 Å². The highest BCUT2D eigenvalue weighted by Crippen LogP contribution is 2.10. The summed E-state index contributed by atoms with van der Waals surface area (Å²) in [6.07, 6.45) is 1.41. The Morgan fingerprint density at radius 3 is 3.08 bits per heavy atom. The number of aromatic nitrogens is 3. The topological polar surface area (TPSA) is 68.1 Å². The Hall–Kier alpha value is -1.07. The number of aliphatic hydroxyl groups is 1. The quantitative estimate of drug-likeness (QED) is 0.684. The molecule has 0 aromatic carbocycles. The molecule has 5 nitrogen and oxygen atoms in total. The van der Waals surface area contributed by atoms with Gasteiger partial charge >= 0.3 is 0 Å². The van der Waals surface area contributed by atoms with E-state index in [0.29, 0.717) is 6.61 Å². The Morgan fingerprint density at radius 1 is 1.67 bits per heavy atom. The average Bonchev–Trinajstić information content (AvgIpc) is 2.15. The fraction of sp³-hybridized carbons (Fsp3) is 0.571. The van der Waals surface area contributed by atoms with E-state index in [9.17, 15) is 0 Å². The number of rotatable bonds is 4. The van der Waals surface area contributed by atoms with Gasteiger partial charge in [-0.2, -0.15) is 0 Å². The van der Waals surface area contributed by atoms with Gasteiger partial charge in [0.2, 0.25) is 0 Å². The lowest BCUT2D eigenvalue weighted by atomic mass is 10.3. The van der Waals surface area contributed by atoms with Gasteiger partial charge in [-0.05, 0) is 18.2 Å². The Balaban J connectivity index is 2.48. The van der Waals surface area contributed by atoms with E-state index in [0.717, 1.165) is 5.69 Å². The summed E-state index contributed by atoms with van der Waals surface area (Å²) in [4.78, 5) is 0. The van der Waals surface area contributed by atoms with Crippen LogP contribution in [0.3, 0.4) is 0 Å². The second-order valence-electron chi connectivity index (χ2n) is 2.28. The normalized spacial score (nSPS) is 12.8. The highest BCUT2D eigenvalue weighted by molar-refractivity contribution is 4.98. The van der Waals surface area contributed by atoms with Crippen LogP contribution < -0.4 is 0 Å². The Labute approximate surface area is 70.4 Å². The summed E-state index contributed by atoms with van der Waals surface area (Å²) in [5, 5.41) is 19.3. The molecular formula is C7H11N3O2. The van der Waals surface area contributed by atoms with Crippen molar-refractivity contribution in [1.29, 1.82) is 0 Å². The summed E-state index contributed by atoms with van der Waals surface area (Å²) in [5.74, 6) is 0. The van der Waals surface area contributed by atoms with Crippen molar-refractivity contribution in [3.05, 3.63) is 18.0 Å². The Morgan fingerprint density at radius 2 is 2.50 bits per heavy atom. The lowest BCUT2D eigenvalue weighted by Gasteiger charge is -2.09. The maximum Gasteiger partial charge on any atom is 0.0987 e. The van der Waals surface area contributed by atoms with Gasteiger partial charge in [0.25, 0.3) is 0 Å². The predicted molar refractivity (Wildman–Crippen MR) is 41.3 cm³/mol. The average molecular weight is 169 g/mol. The van der Waals surface area contributed by atoms with E-state index >= 15 is 0 Å². The number of ether oxygens (including phenoxy) is 1. The van der Waals surface area contributed by atoms with Crippen LogP contribution in [0.2, 0.25) is 0 Å². The molecule has 0 aliphatic rings. The third-order valence-electron chi connectivity index (χ3n) is 1.40. The summed E-state index contributed by atoms with van der Waals surface area (Å²) >= 11 is 0. The van der Waals surface area contributed by atoms with Crippen LogP contribution in [0, 0.1) is 0 Å². The zero-order chi connectivity index (χ0) is 8.81. The minimum atomic E-state index is -0.146. The minimum absolute atomic E-state index is 0.0167. The Bertz CT molecular complexity index is 217. The summed E-state index contributed by atoms with van der Waals surface area (Å²) in [6.45, 7) is 2.17. The molecule has 1 unspecified atom stereocenters. The summed E-state index contributed by atoms with van der Waals surface area (Å²) in [7, 11) is 0. The van der Waals surface area contributed by atoms with Crippen molar-refractivity contribution >= 4 is 0 Å². The fourth-order valence-corrected chi connectivity index (χ4v) is 0.782. The van der Waals surface area contributed by atoms with Crippen molar-refractivity contribution in [2.24, 2.45) is 0 Å². The molecular weight excluding hydrogens is 158 g/mol. The molecule has 1 aromatic rings. The number of aliphatic hydroxyl groups excluding tert-OH is 1. The van der Waals surface area contributed by atoms with Crippen molar-refractivity contribution in [1.82, 2.24) is 15.4 Å². The van der Waals surface area contributed by atoms with Crippen LogP contribution in [0.15, 0.2) is 12.3 Å². The minimum Gasteiger partial charge on any atom is -0.394 e. The van der Waals surface area contributed by atoms with Crippen molar-refractivity contribution in [2.45, 2.75) is 13.0 Å². The molecule has 1 atom stereocenters. The summed E-state index contributed by atoms with van der Waals surface area (Å²) in [5.41, 5.74) is 0.721. The molecule has 0 aliphatic heterocycles. The van der Waals surface area contributed by atoms with E-state index in [1.54, 1.807) is 12.3 Å². The first kappa shape index (κ1) is 9.02. The predicted octanol–water partition coefficient (Wildman–Crippen LogP) is -0.0585. The fourth-order valence-electron chi connectivity index (χ4n) is 0.782. The van der Waals surface area contributed by atoms with E-state index < -0.39 is 0 Å². The lowest BCUT2D eigenvalue weighted by molar-refractivity contribution is 0.0356. The van der Waals surface area contributed by atoms with E-state index in [-0.39, 0.29) is 12.7 Å². The molecule has 0 saturated carbocycles. The van der Waals surface area contributed by atoms with Gasteiger partial charge in [-0.25, -0.2) is 0 Å². The molecule has 0 amide bonds. The third-order valence-corrected chi connectivity index (χ3v) is 1.40. The molecule has 1 heterocycles. The van der Waals surface area contributed by atoms with Crippen LogP contribution in [-0.4, -0.2) is 33.7 Å². The zero-order valence-corrected chi connectivity index (χ0v) is 6.84. The summed E-state index contributed by atoms with van der Waals surface area (Å²) in [6, 6.07) is 1.73. The molecule has 1 rings (SSSR count). The second kappa shape index (κ2) is 4.74. The third kappa shape index (κ3) is 2.52. The van der Waals surface area contributed by atoms with E-state index in [1.165, 1.54) is 0 Å². The van der Waals surface area contributed by atoms with Crippen LogP contribution in [-0.2, 0) is 4.74 Å². The smallest absolute Gasteiger partial charge is 0.0987 e. The highest BCUT2D eigenvalue weighted by atomic mass is 16.5. The summed E-state index contributed by atoms with van der Waals surface area (Å²) < 4.78 is 5.20. The Kier molecular flexibility index (Phi) is 3.56. The van der Waals surface area contributed by atoms with Gasteiger partial charge in [-0.3, -0.25) is 0 Å². The van der Waals surface area contributed by atoms with Gasteiger partial charge in [0.05, 0.1) is 31.2 Å². The van der Waals surface area contributed by atoms with Gasteiger partial charge in [-0.1, -0.05) is 0 Å². The first-order chi connectivity index (χ1) is 5.84. The van der Waals surface area contributed by atoms with E-state index in [1.807, 2.05) is 6.92 Å². The van der Waals surface area contributed by atoms with Gasteiger partial charge in [0, 0.05) is 0 Å². The van der Waals surface area contributed by atoms with Crippen LogP contribution in [0.1, 0.15) is 18.7 Å². The van der Waals surface area contributed by atoms with Crippen LogP contribution >= 0.6 is 0 Å². The number of nitrogens with zero attached hydrogens (tertiary/aromatic N) is 3. The molecule has 0 fully saturated rings. The van der Waals surface area contributed by atoms with E-state index in [4.69, 9.17) is 9.84 Å². The van der Waals surface area contributed by atoms with Crippen LogP contribution in [0.5, 0.6) is 0 Å². The van der Waals surface area contributed by atoms with Gasteiger partial charge in [0.1, 0.15) is 0 Å². The zero-order valence-electron chi connectivity index (χ0n) is 6.84. The molecule has 0 radical (unpaired) electrons. The van der Waals surface area contributed by atoms with Crippen LogP contribution in [0.25, 0.3) is 0 Å². The highest BCUT2D eigenvalue weighted by Gasteiger charge is 2.05. The molecule has 12 heavy (non-hydrogen) atoms. The van der Waals surface area contributed by atoms with Crippen LogP contribution in [0.4, 0.5) is 0 Å².